The number of rotatable bonds is 7. The van der Waals surface area contributed by atoms with Crippen LogP contribution in [0.15, 0.2) is 24.3 Å². The zero-order valence-corrected chi connectivity index (χ0v) is 13.1. The minimum absolute atomic E-state index is 0.129. The van der Waals surface area contributed by atoms with Crippen molar-refractivity contribution < 1.29 is 8.42 Å². The summed E-state index contributed by atoms with van der Waals surface area (Å²) in [5, 5.41) is 3.13. The zero-order chi connectivity index (χ0) is 14.5. The average molecular weight is 283 g/mol. The lowest BCUT2D eigenvalue weighted by atomic mass is 10.0. The Morgan fingerprint density at radius 1 is 1.21 bits per heavy atom. The number of nitrogens with one attached hydrogen (secondary N) is 1. The van der Waals surface area contributed by atoms with Crippen molar-refractivity contribution in [1.29, 1.82) is 0 Å². The van der Waals surface area contributed by atoms with Crippen molar-refractivity contribution in [1.82, 2.24) is 5.32 Å². The molecule has 0 bridgehead atoms. The molecule has 3 nitrogen and oxygen atoms in total. The SMILES string of the molecule is CCC(C)CS(=O)(=O)CC(NC)c1ccccc1C. The molecular weight excluding hydrogens is 258 g/mol. The van der Waals surface area contributed by atoms with E-state index in [1.165, 1.54) is 0 Å². The van der Waals surface area contributed by atoms with E-state index < -0.39 is 9.84 Å². The molecule has 2 unspecified atom stereocenters. The maximum atomic E-state index is 12.2. The molecule has 0 aliphatic carbocycles. The van der Waals surface area contributed by atoms with Crippen molar-refractivity contribution >= 4 is 9.84 Å². The Bertz CT molecular complexity index is 497. The average Bonchev–Trinajstić information content (AvgIpc) is 2.36. The summed E-state index contributed by atoms with van der Waals surface area (Å²) in [6.07, 6.45) is 0.897. The van der Waals surface area contributed by atoms with Crippen molar-refractivity contribution in [2.24, 2.45) is 5.92 Å². The van der Waals surface area contributed by atoms with E-state index in [-0.39, 0.29) is 23.5 Å². The van der Waals surface area contributed by atoms with Gasteiger partial charge in [0.05, 0.1) is 11.5 Å². The van der Waals surface area contributed by atoms with Crippen LogP contribution in [0.4, 0.5) is 0 Å². The van der Waals surface area contributed by atoms with Gasteiger partial charge in [0.15, 0.2) is 9.84 Å². The van der Waals surface area contributed by atoms with Gasteiger partial charge in [-0.1, -0.05) is 44.5 Å². The van der Waals surface area contributed by atoms with E-state index in [2.05, 4.69) is 5.32 Å². The molecule has 0 aromatic heterocycles. The zero-order valence-electron chi connectivity index (χ0n) is 12.3. The van der Waals surface area contributed by atoms with E-state index >= 15 is 0 Å². The second-order valence-corrected chi connectivity index (χ2v) is 7.44. The van der Waals surface area contributed by atoms with E-state index in [1.54, 1.807) is 0 Å². The molecule has 0 saturated heterocycles. The van der Waals surface area contributed by atoms with Crippen LogP contribution in [0, 0.1) is 12.8 Å². The fourth-order valence-corrected chi connectivity index (χ4v) is 4.27. The third kappa shape index (κ3) is 4.96. The molecule has 0 aliphatic heterocycles. The molecule has 1 N–H and O–H groups in total. The van der Waals surface area contributed by atoms with E-state index in [0.717, 1.165) is 17.5 Å². The van der Waals surface area contributed by atoms with Gasteiger partial charge in [-0.25, -0.2) is 8.42 Å². The Morgan fingerprint density at radius 3 is 2.37 bits per heavy atom. The molecule has 108 valence electrons. The summed E-state index contributed by atoms with van der Waals surface area (Å²) in [5.74, 6) is 0.658. The first-order valence-electron chi connectivity index (χ1n) is 6.82. The van der Waals surface area contributed by atoms with Gasteiger partial charge in [0.2, 0.25) is 0 Å². The van der Waals surface area contributed by atoms with Crippen LogP contribution in [0.5, 0.6) is 0 Å². The third-order valence-electron chi connectivity index (χ3n) is 3.57. The minimum Gasteiger partial charge on any atom is -0.312 e. The summed E-state index contributed by atoms with van der Waals surface area (Å²) in [6.45, 7) is 6.03. The largest absolute Gasteiger partial charge is 0.312 e. The Kier molecular flexibility index (Phi) is 6.01. The van der Waals surface area contributed by atoms with Crippen molar-refractivity contribution in [3.05, 3.63) is 35.4 Å². The second-order valence-electron chi connectivity index (χ2n) is 5.29. The number of hydrogen-bond donors (Lipinski definition) is 1. The van der Waals surface area contributed by atoms with Crippen LogP contribution in [0.25, 0.3) is 0 Å². The monoisotopic (exact) mass is 283 g/mol. The maximum Gasteiger partial charge on any atom is 0.152 e. The molecule has 1 rings (SSSR count). The molecule has 0 spiro atoms. The van der Waals surface area contributed by atoms with Gasteiger partial charge in [-0.3, -0.25) is 0 Å². The van der Waals surface area contributed by atoms with Crippen molar-refractivity contribution in [3.8, 4) is 0 Å². The van der Waals surface area contributed by atoms with Crippen LogP contribution in [0.1, 0.15) is 37.4 Å². The standard InChI is InChI=1S/C15H25NO2S/c1-5-12(2)10-19(17,18)11-15(16-4)14-9-7-6-8-13(14)3/h6-9,12,15-16H,5,10-11H2,1-4H3. The van der Waals surface area contributed by atoms with Crippen LogP contribution in [-0.2, 0) is 9.84 Å². The van der Waals surface area contributed by atoms with Gasteiger partial charge in [-0.05, 0) is 31.0 Å². The van der Waals surface area contributed by atoms with Gasteiger partial charge in [-0.2, -0.15) is 0 Å². The first kappa shape index (κ1) is 16.2. The van der Waals surface area contributed by atoms with Gasteiger partial charge >= 0.3 is 0 Å². The van der Waals surface area contributed by atoms with Gasteiger partial charge in [0.25, 0.3) is 0 Å². The predicted octanol–water partition coefficient (Wildman–Crippen LogP) is 2.72. The van der Waals surface area contributed by atoms with Crippen LogP contribution in [0.2, 0.25) is 0 Å². The van der Waals surface area contributed by atoms with Crippen molar-refractivity contribution in [2.45, 2.75) is 33.2 Å². The highest BCUT2D eigenvalue weighted by molar-refractivity contribution is 7.91. The van der Waals surface area contributed by atoms with Crippen LogP contribution < -0.4 is 5.32 Å². The fraction of sp³-hybridized carbons (Fsp3) is 0.600. The van der Waals surface area contributed by atoms with Gasteiger partial charge < -0.3 is 5.32 Å². The number of hydrogen-bond acceptors (Lipinski definition) is 3. The molecule has 0 fully saturated rings. The van der Waals surface area contributed by atoms with Crippen molar-refractivity contribution in [2.75, 3.05) is 18.6 Å². The lowest BCUT2D eigenvalue weighted by Gasteiger charge is -2.20. The molecule has 0 aliphatic rings. The molecule has 0 radical (unpaired) electrons. The maximum absolute atomic E-state index is 12.2. The molecule has 0 heterocycles. The number of benzene rings is 1. The molecule has 2 atom stereocenters. The second kappa shape index (κ2) is 7.06. The van der Waals surface area contributed by atoms with E-state index in [9.17, 15) is 8.42 Å². The highest BCUT2D eigenvalue weighted by Crippen LogP contribution is 2.20. The highest BCUT2D eigenvalue weighted by Gasteiger charge is 2.22. The lowest BCUT2D eigenvalue weighted by molar-refractivity contribution is 0.549. The summed E-state index contributed by atoms with van der Waals surface area (Å²) in [5.41, 5.74) is 2.19. The molecule has 1 aromatic rings. The van der Waals surface area contributed by atoms with E-state index in [4.69, 9.17) is 0 Å². The topological polar surface area (TPSA) is 46.2 Å². The molecule has 1 aromatic carbocycles. The smallest absolute Gasteiger partial charge is 0.152 e. The normalized spacial score (nSPS) is 15.2. The van der Waals surface area contributed by atoms with Crippen LogP contribution >= 0.6 is 0 Å². The van der Waals surface area contributed by atoms with E-state index in [0.29, 0.717) is 0 Å². The summed E-state index contributed by atoms with van der Waals surface area (Å²) in [6, 6.07) is 7.80. The first-order valence-corrected chi connectivity index (χ1v) is 8.65. The van der Waals surface area contributed by atoms with E-state index in [1.807, 2.05) is 52.1 Å². The van der Waals surface area contributed by atoms with Crippen LogP contribution in [-0.4, -0.2) is 27.0 Å². The fourth-order valence-electron chi connectivity index (χ4n) is 2.18. The molecule has 0 amide bonds. The molecule has 19 heavy (non-hydrogen) atoms. The summed E-state index contributed by atoms with van der Waals surface area (Å²) >= 11 is 0. The Morgan fingerprint density at radius 2 is 1.84 bits per heavy atom. The third-order valence-corrected chi connectivity index (χ3v) is 5.49. The Hall–Kier alpha value is -0.870. The molecule has 0 saturated carbocycles. The predicted molar refractivity (Wildman–Crippen MR) is 81.1 cm³/mol. The summed E-state index contributed by atoms with van der Waals surface area (Å²) in [7, 11) is -1.22. The first-order chi connectivity index (χ1) is 8.89. The molecular formula is C15H25NO2S. The Balaban J connectivity index is 2.86. The number of aryl methyl sites for hydroxylation is 1. The molecule has 4 heteroatoms. The quantitative estimate of drug-likeness (QED) is 0.837. The number of sulfone groups is 1. The van der Waals surface area contributed by atoms with Gasteiger partial charge in [0.1, 0.15) is 0 Å². The van der Waals surface area contributed by atoms with Gasteiger partial charge in [0, 0.05) is 6.04 Å². The summed E-state index contributed by atoms with van der Waals surface area (Å²) in [4.78, 5) is 0. The Labute approximate surface area is 117 Å². The van der Waals surface area contributed by atoms with Crippen molar-refractivity contribution in [3.63, 3.8) is 0 Å². The highest BCUT2D eigenvalue weighted by atomic mass is 32.2. The summed E-state index contributed by atoms with van der Waals surface area (Å²) < 4.78 is 24.4. The minimum atomic E-state index is -3.03. The lowest BCUT2D eigenvalue weighted by Crippen LogP contribution is -2.28. The van der Waals surface area contributed by atoms with Crippen LogP contribution in [0.3, 0.4) is 0 Å². The van der Waals surface area contributed by atoms with Gasteiger partial charge in [-0.15, -0.1) is 0 Å².